The van der Waals surface area contributed by atoms with Crippen molar-refractivity contribution in [2.24, 2.45) is 0 Å². The summed E-state index contributed by atoms with van der Waals surface area (Å²) >= 11 is 0. The number of anilines is 2. The van der Waals surface area contributed by atoms with Crippen molar-refractivity contribution < 1.29 is 23.5 Å². The molecule has 0 aliphatic rings. The van der Waals surface area contributed by atoms with Crippen molar-refractivity contribution in [2.45, 2.75) is 13.0 Å². The summed E-state index contributed by atoms with van der Waals surface area (Å²) in [5.74, 6) is -1.77. The number of nitrogens with zero attached hydrogens (tertiary/aromatic N) is 1. The van der Waals surface area contributed by atoms with Crippen LogP contribution in [0.4, 0.5) is 11.4 Å². The Kier molecular flexibility index (Phi) is 6.25. The predicted molar refractivity (Wildman–Crippen MR) is 108 cm³/mol. The molecular formula is C22H17N3O5. The average molecular weight is 403 g/mol. The van der Waals surface area contributed by atoms with Crippen LogP contribution >= 0.6 is 0 Å². The maximum Gasteiger partial charge on any atom is 0.341 e. The van der Waals surface area contributed by atoms with E-state index in [2.05, 4.69) is 10.6 Å². The summed E-state index contributed by atoms with van der Waals surface area (Å²) in [6, 6.07) is 17.7. The highest BCUT2D eigenvalue weighted by Gasteiger charge is 2.22. The molecule has 0 spiro atoms. The van der Waals surface area contributed by atoms with E-state index in [9.17, 15) is 14.4 Å². The number of hydrogen-bond acceptors (Lipinski definition) is 6. The summed E-state index contributed by atoms with van der Waals surface area (Å²) in [6.07, 6.45) is 0.249. The lowest BCUT2D eigenvalue weighted by Gasteiger charge is -2.15. The second-order valence-electron chi connectivity index (χ2n) is 6.21. The van der Waals surface area contributed by atoms with Crippen molar-refractivity contribution in [3.63, 3.8) is 0 Å². The number of furan rings is 1. The Bertz CT molecular complexity index is 1120. The Hall–Kier alpha value is -4.38. The van der Waals surface area contributed by atoms with Crippen LogP contribution in [0.2, 0.25) is 0 Å². The Morgan fingerprint density at radius 1 is 1.03 bits per heavy atom. The summed E-state index contributed by atoms with van der Waals surface area (Å²) in [6.45, 7) is 1.42. The highest BCUT2D eigenvalue weighted by atomic mass is 16.5. The maximum atomic E-state index is 12.6. The normalized spacial score (nSPS) is 11.1. The molecule has 0 fully saturated rings. The number of esters is 1. The van der Waals surface area contributed by atoms with Crippen LogP contribution in [-0.2, 0) is 9.53 Å². The van der Waals surface area contributed by atoms with Gasteiger partial charge in [0.1, 0.15) is 0 Å². The smallest absolute Gasteiger partial charge is 0.341 e. The van der Waals surface area contributed by atoms with Gasteiger partial charge in [0, 0.05) is 5.69 Å². The third-order valence-electron chi connectivity index (χ3n) is 4.05. The zero-order valence-electron chi connectivity index (χ0n) is 15.9. The van der Waals surface area contributed by atoms with Crippen molar-refractivity contribution in [3.8, 4) is 6.07 Å². The Labute approximate surface area is 172 Å². The molecule has 0 saturated heterocycles. The standard InChI is InChI=1S/C22H17N3O5/c1-14(20(26)24-16-7-4-6-15(12-16)13-23)30-22(28)17-8-2-3-9-18(17)25-21(27)19-10-5-11-29-19/h2-12,14H,1H3,(H,24,26)(H,25,27)/t14-/m0/s1. The molecule has 3 aromatic rings. The SMILES string of the molecule is C[C@H](OC(=O)c1ccccc1NC(=O)c1ccco1)C(=O)Nc1cccc(C#N)c1. The number of carbonyl (C=O) groups is 3. The van der Waals surface area contributed by atoms with Gasteiger partial charge in [-0.1, -0.05) is 18.2 Å². The van der Waals surface area contributed by atoms with Gasteiger partial charge in [-0.05, 0) is 49.4 Å². The van der Waals surface area contributed by atoms with E-state index in [-0.39, 0.29) is 17.0 Å². The first-order valence-corrected chi connectivity index (χ1v) is 8.94. The third-order valence-corrected chi connectivity index (χ3v) is 4.05. The van der Waals surface area contributed by atoms with Crippen molar-refractivity contribution in [1.82, 2.24) is 0 Å². The van der Waals surface area contributed by atoms with Crippen LogP contribution in [0.15, 0.2) is 71.3 Å². The highest BCUT2D eigenvalue weighted by molar-refractivity contribution is 6.07. The Balaban J connectivity index is 1.67. The number of benzene rings is 2. The number of nitriles is 1. The number of ether oxygens (including phenoxy) is 1. The monoisotopic (exact) mass is 403 g/mol. The summed E-state index contributed by atoms with van der Waals surface area (Å²) in [5.41, 5.74) is 1.11. The van der Waals surface area contributed by atoms with Gasteiger partial charge in [0.25, 0.3) is 11.8 Å². The van der Waals surface area contributed by atoms with Gasteiger partial charge in [0.15, 0.2) is 11.9 Å². The van der Waals surface area contributed by atoms with E-state index in [1.54, 1.807) is 36.4 Å². The highest BCUT2D eigenvalue weighted by Crippen LogP contribution is 2.19. The van der Waals surface area contributed by atoms with E-state index in [1.165, 1.54) is 37.5 Å². The maximum absolute atomic E-state index is 12.6. The quantitative estimate of drug-likeness (QED) is 0.607. The summed E-state index contributed by atoms with van der Waals surface area (Å²) in [4.78, 5) is 37.1. The van der Waals surface area contributed by atoms with Gasteiger partial charge in [-0.25, -0.2) is 4.79 Å². The summed E-state index contributed by atoms with van der Waals surface area (Å²) < 4.78 is 10.3. The zero-order chi connectivity index (χ0) is 21.5. The number of nitrogens with one attached hydrogen (secondary N) is 2. The van der Waals surface area contributed by atoms with Crippen molar-refractivity contribution in [3.05, 3.63) is 83.8 Å². The van der Waals surface area contributed by atoms with Gasteiger partial charge in [0.05, 0.1) is 29.1 Å². The minimum Gasteiger partial charge on any atom is -0.459 e. The lowest BCUT2D eigenvalue weighted by atomic mass is 10.1. The zero-order valence-corrected chi connectivity index (χ0v) is 15.9. The molecule has 0 radical (unpaired) electrons. The first-order chi connectivity index (χ1) is 14.5. The van der Waals surface area contributed by atoms with Crippen LogP contribution in [0.1, 0.15) is 33.4 Å². The Morgan fingerprint density at radius 2 is 1.83 bits per heavy atom. The van der Waals surface area contributed by atoms with Crippen LogP contribution in [0.25, 0.3) is 0 Å². The van der Waals surface area contributed by atoms with E-state index < -0.39 is 23.9 Å². The van der Waals surface area contributed by atoms with Crippen LogP contribution in [0.5, 0.6) is 0 Å². The molecule has 1 heterocycles. The molecule has 1 aromatic heterocycles. The van der Waals surface area contributed by atoms with Gasteiger partial charge in [-0.2, -0.15) is 5.26 Å². The molecule has 0 bridgehead atoms. The fourth-order valence-corrected chi connectivity index (χ4v) is 2.55. The number of para-hydroxylation sites is 1. The van der Waals surface area contributed by atoms with E-state index in [0.717, 1.165) is 0 Å². The van der Waals surface area contributed by atoms with Crippen LogP contribution in [0.3, 0.4) is 0 Å². The van der Waals surface area contributed by atoms with Gasteiger partial charge in [-0.15, -0.1) is 0 Å². The number of amides is 2. The number of carbonyl (C=O) groups excluding carboxylic acids is 3. The van der Waals surface area contributed by atoms with Crippen LogP contribution in [-0.4, -0.2) is 23.9 Å². The van der Waals surface area contributed by atoms with Gasteiger partial charge in [-0.3, -0.25) is 9.59 Å². The van der Waals surface area contributed by atoms with E-state index >= 15 is 0 Å². The second-order valence-corrected chi connectivity index (χ2v) is 6.21. The molecule has 150 valence electrons. The molecule has 1 atom stereocenters. The predicted octanol–water partition coefficient (Wildman–Crippen LogP) is 3.59. The van der Waals surface area contributed by atoms with Gasteiger partial charge < -0.3 is 19.8 Å². The summed E-state index contributed by atoms with van der Waals surface area (Å²) in [5, 5.41) is 14.1. The molecule has 3 rings (SSSR count). The molecule has 2 aromatic carbocycles. The van der Waals surface area contributed by atoms with Crippen molar-refractivity contribution in [1.29, 1.82) is 5.26 Å². The third kappa shape index (κ3) is 4.91. The van der Waals surface area contributed by atoms with Crippen molar-refractivity contribution in [2.75, 3.05) is 10.6 Å². The number of rotatable bonds is 6. The molecule has 8 heteroatoms. The average Bonchev–Trinajstić information content (AvgIpc) is 3.29. The van der Waals surface area contributed by atoms with Crippen LogP contribution in [0, 0.1) is 11.3 Å². The lowest BCUT2D eigenvalue weighted by molar-refractivity contribution is -0.123. The van der Waals surface area contributed by atoms with Crippen LogP contribution < -0.4 is 10.6 Å². The molecule has 0 aliphatic carbocycles. The largest absolute Gasteiger partial charge is 0.459 e. The first-order valence-electron chi connectivity index (χ1n) is 8.94. The molecule has 0 saturated carbocycles. The molecule has 8 nitrogen and oxygen atoms in total. The molecule has 2 N–H and O–H groups in total. The molecular weight excluding hydrogens is 386 g/mol. The van der Waals surface area contributed by atoms with E-state index in [4.69, 9.17) is 14.4 Å². The topological polar surface area (TPSA) is 121 Å². The molecule has 30 heavy (non-hydrogen) atoms. The van der Waals surface area contributed by atoms with E-state index in [0.29, 0.717) is 11.3 Å². The second kappa shape index (κ2) is 9.21. The lowest BCUT2D eigenvalue weighted by Crippen LogP contribution is -2.30. The van der Waals surface area contributed by atoms with Gasteiger partial charge in [0.2, 0.25) is 0 Å². The first kappa shape index (κ1) is 20.4. The van der Waals surface area contributed by atoms with E-state index in [1.807, 2.05) is 6.07 Å². The molecule has 0 unspecified atom stereocenters. The summed E-state index contributed by atoms with van der Waals surface area (Å²) in [7, 11) is 0. The minimum absolute atomic E-state index is 0.0866. The minimum atomic E-state index is -1.11. The molecule has 0 aliphatic heterocycles. The van der Waals surface area contributed by atoms with Crippen molar-refractivity contribution >= 4 is 29.2 Å². The number of hydrogen-bond donors (Lipinski definition) is 2. The molecule has 2 amide bonds. The fourth-order valence-electron chi connectivity index (χ4n) is 2.55. The fraction of sp³-hybridized carbons (Fsp3) is 0.0909. The van der Waals surface area contributed by atoms with Gasteiger partial charge >= 0.3 is 5.97 Å². The Morgan fingerprint density at radius 3 is 2.57 bits per heavy atom.